The molecule has 2 aliphatic rings. The highest BCUT2D eigenvalue weighted by atomic mass is 32.2. The number of aryl methyl sites for hydroxylation is 1. The van der Waals surface area contributed by atoms with Crippen LogP contribution in [-0.4, -0.2) is 33.1 Å². The fraction of sp³-hybridized carbons (Fsp3) is 0.385. The molecule has 32 heavy (non-hydrogen) atoms. The Labute approximate surface area is 193 Å². The molecule has 2 amide bonds. The number of nitrogens with one attached hydrogen (secondary N) is 1. The summed E-state index contributed by atoms with van der Waals surface area (Å²) in [4.78, 5) is 29.2. The number of carbonyl (C=O) groups excluding carboxylic acids is 2. The van der Waals surface area contributed by atoms with Crippen molar-refractivity contribution in [2.24, 2.45) is 7.05 Å². The first-order valence-electron chi connectivity index (χ1n) is 11.5. The summed E-state index contributed by atoms with van der Waals surface area (Å²) in [5.41, 5.74) is 3.14. The molecule has 1 aliphatic carbocycles. The predicted octanol–water partition coefficient (Wildman–Crippen LogP) is 4.80. The molecule has 0 bridgehead atoms. The van der Waals surface area contributed by atoms with E-state index in [1.807, 2.05) is 54.4 Å². The Morgan fingerprint density at radius 3 is 2.53 bits per heavy atom. The third-order valence-electron chi connectivity index (χ3n) is 6.79. The van der Waals surface area contributed by atoms with E-state index in [1.54, 1.807) is 11.8 Å². The molecule has 1 aromatic heterocycles. The van der Waals surface area contributed by atoms with Crippen LogP contribution in [0.3, 0.4) is 0 Å². The number of carbonyl (C=O) groups is 2. The summed E-state index contributed by atoms with van der Waals surface area (Å²) in [5.74, 6) is 0.353. The predicted molar refractivity (Wildman–Crippen MR) is 128 cm³/mol. The first kappa shape index (κ1) is 21.1. The van der Waals surface area contributed by atoms with Crippen molar-refractivity contribution in [3.63, 3.8) is 0 Å². The van der Waals surface area contributed by atoms with Gasteiger partial charge in [-0.05, 0) is 24.5 Å². The lowest BCUT2D eigenvalue weighted by Gasteiger charge is -2.38. The SMILES string of the molecule is Cn1c2c(c3ccccc31)C(C(=O)NCc1ccccc1)N(C1CCCCC1)C(=O)CS2. The van der Waals surface area contributed by atoms with Gasteiger partial charge in [-0.3, -0.25) is 9.59 Å². The molecular formula is C26H29N3O2S. The minimum atomic E-state index is -0.606. The van der Waals surface area contributed by atoms with E-state index in [1.165, 1.54) is 6.42 Å². The molecule has 1 aliphatic heterocycles. The summed E-state index contributed by atoms with van der Waals surface area (Å²) < 4.78 is 2.14. The van der Waals surface area contributed by atoms with Gasteiger partial charge < -0.3 is 14.8 Å². The van der Waals surface area contributed by atoms with Gasteiger partial charge in [-0.15, -0.1) is 0 Å². The Morgan fingerprint density at radius 2 is 1.75 bits per heavy atom. The Balaban J connectivity index is 1.59. The highest BCUT2D eigenvalue weighted by Gasteiger charge is 2.42. The first-order chi connectivity index (χ1) is 15.6. The number of nitrogens with zero attached hydrogens (tertiary/aromatic N) is 2. The van der Waals surface area contributed by atoms with Crippen LogP contribution in [-0.2, 0) is 23.2 Å². The van der Waals surface area contributed by atoms with E-state index < -0.39 is 6.04 Å². The molecular weight excluding hydrogens is 418 g/mol. The topological polar surface area (TPSA) is 54.3 Å². The van der Waals surface area contributed by atoms with Crippen LogP contribution in [0.5, 0.6) is 0 Å². The molecule has 1 saturated carbocycles. The number of thioether (sulfide) groups is 1. The number of aromatic nitrogens is 1. The molecule has 5 nitrogen and oxygen atoms in total. The molecule has 6 heteroatoms. The molecule has 2 aromatic carbocycles. The van der Waals surface area contributed by atoms with Gasteiger partial charge in [-0.1, -0.05) is 79.6 Å². The van der Waals surface area contributed by atoms with E-state index in [4.69, 9.17) is 0 Å². The Bertz CT molecular complexity index is 1130. The minimum Gasteiger partial charge on any atom is -0.350 e. The zero-order valence-electron chi connectivity index (χ0n) is 18.4. The van der Waals surface area contributed by atoms with Crippen LogP contribution in [0.15, 0.2) is 59.6 Å². The number of amides is 2. The van der Waals surface area contributed by atoms with Crippen molar-refractivity contribution in [1.82, 2.24) is 14.8 Å². The number of hydrogen-bond acceptors (Lipinski definition) is 3. The smallest absolute Gasteiger partial charge is 0.247 e. The van der Waals surface area contributed by atoms with E-state index in [2.05, 4.69) is 22.0 Å². The lowest BCUT2D eigenvalue weighted by atomic mass is 9.91. The third kappa shape index (κ3) is 3.81. The zero-order valence-corrected chi connectivity index (χ0v) is 19.2. The monoisotopic (exact) mass is 447 g/mol. The van der Waals surface area contributed by atoms with Crippen molar-refractivity contribution < 1.29 is 9.59 Å². The van der Waals surface area contributed by atoms with Crippen molar-refractivity contribution in [2.45, 2.75) is 55.8 Å². The van der Waals surface area contributed by atoms with E-state index in [0.717, 1.165) is 52.7 Å². The highest BCUT2D eigenvalue weighted by Crippen LogP contribution is 2.43. The van der Waals surface area contributed by atoms with E-state index in [9.17, 15) is 9.59 Å². The lowest BCUT2D eigenvalue weighted by molar-refractivity contribution is -0.142. The minimum absolute atomic E-state index is 0.0713. The molecule has 1 atom stereocenters. The van der Waals surface area contributed by atoms with Gasteiger partial charge in [0.15, 0.2) is 0 Å². The zero-order chi connectivity index (χ0) is 22.1. The molecule has 5 rings (SSSR count). The molecule has 1 fully saturated rings. The lowest BCUT2D eigenvalue weighted by Crippen LogP contribution is -2.49. The summed E-state index contributed by atoms with van der Waals surface area (Å²) in [7, 11) is 2.04. The highest BCUT2D eigenvalue weighted by molar-refractivity contribution is 8.00. The third-order valence-corrected chi connectivity index (χ3v) is 7.95. The van der Waals surface area contributed by atoms with Crippen LogP contribution in [0.4, 0.5) is 0 Å². The Morgan fingerprint density at radius 1 is 1.03 bits per heavy atom. The molecule has 0 radical (unpaired) electrons. The van der Waals surface area contributed by atoms with Crippen LogP contribution in [0.25, 0.3) is 10.9 Å². The van der Waals surface area contributed by atoms with Gasteiger partial charge in [-0.25, -0.2) is 0 Å². The number of hydrogen-bond donors (Lipinski definition) is 1. The van der Waals surface area contributed by atoms with Gasteiger partial charge in [0.1, 0.15) is 6.04 Å². The van der Waals surface area contributed by atoms with Crippen molar-refractivity contribution in [3.05, 3.63) is 65.7 Å². The Kier molecular flexibility index (Phi) is 5.96. The van der Waals surface area contributed by atoms with Crippen molar-refractivity contribution >= 4 is 34.5 Å². The summed E-state index contributed by atoms with van der Waals surface area (Å²) in [6.07, 6.45) is 5.38. The van der Waals surface area contributed by atoms with Crippen LogP contribution in [0.1, 0.15) is 49.3 Å². The molecule has 3 aromatic rings. The maximum absolute atomic E-state index is 13.8. The van der Waals surface area contributed by atoms with Crippen molar-refractivity contribution in [1.29, 1.82) is 0 Å². The van der Waals surface area contributed by atoms with Crippen LogP contribution < -0.4 is 5.32 Å². The number of fused-ring (bicyclic) bond motifs is 3. The van der Waals surface area contributed by atoms with Gasteiger partial charge in [0.2, 0.25) is 11.8 Å². The molecule has 166 valence electrons. The van der Waals surface area contributed by atoms with Crippen LogP contribution in [0, 0.1) is 0 Å². The van der Waals surface area contributed by atoms with Crippen LogP contribution >= 0.6 is 11.8 Å². The molecule has 1 unspecified atom stereocenters. The second-order valence-electron chi connectivity index (χ2n) is 8.78. The maximum Gasteiger partial charge on any atom is 0.247 e. The van der Waals surface area contributed by atoms with Crippen molar-refractivity contribution in [2.75, 3.05) is 5.75 Å². The van der Waals surface area contributed by atoms with E-state index in [-0.39, 0.29) is 17.9 Å². The molecule has 0 spiro atoms. The van der Waals surface area contributed by atoms with E-state index >= 15 is 0 Å². The van der Waals surface area contributed by atoms with Crippen LogP contribution in [0.2, 0.25) is 0 Å². The second kappa shape index (κ2) is 9.02. The molecule has 1 N–H and O–H groups in total. The molecule has 2 heterocycles. The fourth-order valence-electron chi connectivity index (χ4n) is 5.24. The average molecular weight is 448 g/mol. The number of rotatable bonds is 4. The number of benzene rings is 2. The fourth-order valence-corrected chi connectivity index (χ4v) is 6.32. The summed E-state index contributed by atoms with van der Waals surface area (Å²) in [5, 5.41) is 5.24. The average Bonchev–Trinajstić information content (AvgIpc) is 3.01. The largest absolute Gasteiger partial charge is 0.350 e. The van der Waals surface area contributed by atoms with Gasteiger partial charge in [0.05, 0.1) is 10.8 Å². The van der Waals surface area contributed by atoms with E-state index in [0.29, 0.717) is 12.3 Å². The summed E-state index contributed by atoms with van der Waals surface area (Å²) >= 11 is 1.57. The normalized spacial score (nSPS) is 19.6. The van der Waals surface area contributed by atoms with Crippen molar-refractivity contribution in [3.8, 4) is 0 Å². The maximum atomic E-state index is 13.8. The van der Waals surface area contributed by atoms with Gasteiger partial charge in [0.25, 0.3) is 0 Å². The summed E-state index contributed by atoms with van der Waals surface area (Å²) in [6.45, 7) is 0.454. The Hall–Kier alpha value is -2.73. The standard InChI is InChI=1S/C26H29N3O2S/c1-28-21-15-9-8-14-20(21)23-24(25(31)27-16-18-10-4-2-5-11-18)29(19-12-6-3-7-13-19)22(30)17-32-26(23)28/h2,4-5,8-11,14-15,19,24H,3,6-7,12-13,16-17H2,1H3,(H,27,31). The van der Waals surface area contributed by atoms with Gasteiger partial charge in [-0.2, -0.15) is 0 Å². The second-order valence-corrected chi connectivity index (χ2v) is 9.75. The summed E-state index contributed by atoms with van der Waals surface area (Å²) in [6, 6.07) is 17.7. The van der Waals surface area contributed by atoms with Gasteiger partial charge >= 0.3 is 0 Å². The molecule has 0 saturated heterocycles. The van der Waals surface area contributed by atoms with Gasteiger partial charge in [0, 0.05) is 36.1 Å². The first-order valence-corrected chi connectivity index (χ1v) is 12.5. The number of para-hydroxylation sites is 1. The quantitative estimate of drug-likeness (QED) is 0.625.